The molecule has 1 amide bonds. The van der Waals surface area contributed by atoms with Crippen LogP contribution in [0.5, 0.6) is 0 Å². The van der Waals surface area contributed by atoms with Gasteiger partial charge in [-0.15, -0.1) is 0 Å². The van der Waals surface area contributed by atoms with E-state index in [0.29, 0.717) is 10.6 Å². The summed E-state index contributed by atoms with van der Waals surface area (Å²) >= 11 is 5.72. The van der Waals surface area contributed by atoms with E-state index in [0.717, 1.165) is 7.11 Å². The van der Waals surface area contributed by atoms with Crippen molar-refractivity contribution in [3.05, 3.63) is 64.7 Å². The van der Waals surface area contributed by atoms with Crippen LogP contribution in [0.4, 0.5) is 18.9 Å². The maximum absolute atomic E-state index is 13.9. The second-order valence-corrected chi connectivity index (χ2v) is 6.20. The summed E-state index contributed by atoms with van der Waals surface area (Å²) in [7, 11) is 0.784. The summed E-state index contributed by atoms with van der Waals surface area (Å²) in [4.78, 5) is 24.5. The number of carbonyl (C=O) groups excluding carboxylic acids is 2. The van der Waals surface area contributed by atoms with Crippen LogP contribution in [0.2, 0.25) is 5.02 Å². The van der Waals surface area contributed by atoms with Crippen molar-refractivity contribution in [1.82, 2.24) is 10.7 Å². The van der Waals surface area contributed by atoms with E-state index in [4.69, 9.17) is 11.6 Å². The molecule has 6 nitrogen and oxygen atoms in total. The monoisotopic (exact) mass is 415 g/mol. The largest absolute Gasteiger partial charge is 0.466 e. The maximum atomic E-state index is 13.9. The number of alkyl halides is 3. The minimum Gasteiger partial charge on any atom is -0.466 e. The molecule has 10 heteroatoms. The quantitative estimate of drug-likeness (QED) is 0.383. The molecule has 0 aliphatic heterocycles. The van der Waals surface area contributed by atoms with Gasteiger partial charge in [0.25, 0.3) is 5.91 Å². The highest BCUT2D eigenvalue weighted by Crippen LogP contribution is 2.30. The van der Waals surface area contributed by atoms with Crippen molar-refractivity contribution in [3.63, 3.8) is 0 Å². The summed E-state index contributed by atoms with van der Waals surface area (Å²) in [5, 5.41) is 1.99. The maximum Gasteiger partial charge on any atom is 0.438 e. The third-order valence-corrected chi connectivity index (χ3v) is 4.11. The number of ether oxygens (including phenoxy) is 1. The van der Waals surface area contributed by atoms with Crippen molar-refractivity contribution in [1.29, 1.82) is 0 Å². The molecule has 0 unspecified atom stereocenters. The van der Waals surface area contributed by atoms with Gasteiger partial charge in [0.15, 0.2) is 0 Å². The van der Waals surface area contributed by atoms with E-state index in [1.165, 1.54) is 30.3 Å². The van der Waals surface area contributed by atoms with Crippen molar-refractivity contribution in [2.24, 2.45) is 0 Å². The second-order valence-electron chi connectivity index (χ2n) is 5.77. The van der Waals surface area contributed by atoms with E-state index in [1.807, 2.05) is 5.43 Å². The fourth-order valence-electron chi connectivity index (χ4n) is 2.26. The van der Waals surface area contributed by atoms with Crippen molar-refractivity contribution in [3.8, 4) is 0 Å². The molecule has 0 aromatic heterocycles. The van der Waals surface area contributed by atoms with E-state index in [2.05, 4.69) is 10.2 Å². The minimum atomic E-state index is -5.24. The summed E-state index contributed by atoms with van der Waals surface area (Å²) in [5.74, 6) is -2.90. The van der Waals surface area contributed by atoms with Gasteiger partial charge in [0.05, 0.1) is 12.8 Å². The molecule has 0 bridgehead atoms. The molecule has 0 radical (unpaired) electrons. The number of benzene rings is 2. The van der Waals surface area contributed by atoms with Crippen LogP contribution >= 0.6 is 11.6 Å². The normalized spacial score (nSPS) is 13.4. The molecule has 0 saturated heterocycles. The zero-order valence-corrected chi connectivity index (χ0v) is 15.6. The van der Waals surface area contributed by atoms with Gasteiger partial charge in [-0.1, -0.05) is 29.8 Å². The fourth-order valence-corrected chi connectivity index (χ4v) is 2.39. The number of hydrazine groups is 1. The summed E-state index contributed by atoms with van der Waals surface area (Å²) < 4.78 is 46.1. The number of methoxy groups -OCH3 is 1. The van der Waals surface area contributed by atoms with Crippen molar-refractivity contribution >= 4 is 29.2 Å². The standard InChI is InChI=1S/C18H17ClF3N3O3/c1-11-5-3-4-6-14(11)24-25-17(16(27)28-2,18(20,21)22)23-15(26)12-7-9-13(19)10-8-12/h3-10,24-25H,1-2H3,(H,23,26)/t17-/m0/s1. The van der Waals surface area contributed by atoms with Crippen LogP contribution in [0, 0.1) is 6.92 Å². The first-order valence-electron chi connectivity index (χ1n) is 7.93. The fraction of sp³-hybridized carbons (Fsp3) is 0.222. The molecule has 3 N–H and O–H groups in total. The number of hydrogen-bond donors (Lipinski definition) is 3. The first-order valence-corrected chi connectivity index (χ1v) is 8.30. The average molecular weight is 416 g/mol. The van der Waals surface area contributed by atoms with Crippen LogP contribution in [-0.4, -0.2) is 30.8 Å². The number of amides is 1. The topological polar surface area (TPSA) is 79.5 Å². The van der Waals surface area contributed by atoms with Crippen LogP contribution in [-0.2, 0) is 9.53 Å². The Morgan fingerprint density at radius 3 is 2.18 bits per heavy atom. The number of para-hydroxylation sites is 1. The Balaban J connectivity index is 2.39. The molecule has 0 saturated carbocycles. The Labute approximate surface area is 164 Å². The number of halogens is 4. The number of esters is 1. The lowest BCUT2D eigenvalue weighted by atomic mass is 10.1. The average Bonchev–Trinajstić information content (AvgIpc) is 2.65. The lowest BCUT2D eigenvalue weighted by Crippen LogP contribution is -2.73. The van der Waals surface area contributed by atoms with Crippen LogP contribution in [0.1, 0.15) is 15.9 Å². The summed E-state index contributed by atoms with van der Waals surface area (Å²) in [6.45, 7) is 1.66. The van der Waals surface area contributed by atoms with Gasteiger partial charge in [-0.05, 0) is 42.8 Å². The molecule has 150 valence electrons. The molecule has 2 aromatic rings. The zero-order valence-electron chi connectivity index (χ0n) is 14.9. The van der Waals surface area contributed by atoms with Crippen molar-refractivity contribution in [2.75, 3.05) is 12.5 Å². The van der Waals surface area contributed by atoms with E-state index in [-0.39, 0.29) is 11.3 Å². The van der Waals surface area contributed by atoms with Crippen LogP contribution in [0.25, 0.3) is 0 Å². The van der Waals surface area contributed by atoms with Crippen molar-refractivity contribution < 1.29 is 27.5 Å². The molecule has 0 heterocycles. The van der Waals surface area contributed by atoms with Gasteiger partial charge in [-0.2, -0.15) is 18.6 Å². The Kier molecular flexibility index (Phi) is 6.52. The summed E-state index contributed by atoms with van der Waals surface area (Å²) in [6.07, 6.45) is -5.24. The molecular formula is C18H17ClF3N3O3. The van der Waals surface area contributed by atoms with Gasteiger partial charge < -0.3 is 15.5 Å². The highest BCUT2D eigenvalue weighted by Gasteiger charge is 2.63. The molecule has 1 atom stereocenters. The van der Waals surface area contributed by atoms with Gasteiger partial charge in [-0.25, -0.2) is 4.79 Å². The highest BCUT2D eigenvalue weighted by molar-refractivity contribution is 6.30. The van der Waals surface area contributed by atoms with Crippen LogP contribution in [0.15, 0.2) is 48.5 Å². The third kappa shape index (κ3) is 4.55. The number of rotatable bonds is 6. The SMILES string of the molecule is COC(=O)[C@@](NNc1ccccc1C)(NC(=O)c1ccc(Cl)cc1)C(F)(F)F. The van der Waals surface area contributed by atoms with Crippen molar-refractivity contribution in [2.45, 2.75) is 18.8 Å². The molecule has 2 rings (SSSR count). The van der Waals surface area contributed by atoms with E-state index < -0.39 is 23.7 Å². The molecule has 2 aromatic carbocycles. The highest BCUT2D eigenvalue weighted by atomic mass is 35.5. The molecular weight excluding hydrogens is 399 g/mol. The van der Waals surface area contributed by atoms with E-state index in [9.17, 15) is 22.8 Å². The number of nitrogens with one attached hydrogen (secondary N) is 3. The van der Waals surface area contributed by atoms with Crippen LogP contribution < -0.4 is 16.2 Å². The van der Waals surface area contributed by atoms with Gasteiger partial charge in [0, 0.05) is 10.6 Å². The first-order chi connectivity index (χ1) is 13.1. The number of aryl methyl sites for hydroxylation is 1. The minimum absolute atomic E-state index is 0.125. The lowest BCUT2D eigenvalue weighted by Gasteiger charge is -2.34. The number of carbonyl (C=O) groups is 2. The Hall–Kier alpha value is -2.78. The molecule has 0 spiro atoms. The predicted molar refractivity (Wildman–Crippen MR) is 97.7 cm³/mol. The Morgan fingerprint density at radius 2 is 1.64 bits per heavy atom. The predicted octanol–water partition coefficient (Wildman–Crippen LogP) is 3.43. The molecule has 28 heavy (non-hydrogen) atoms. The summed E-state index contributed by atoms with van der Waals surface area (Å²) in [6, 6.07) is 11.6. The molecule has 0 aliphatic rings. The van der Waals surface area contributed by atoms with Gasteiger partial charge in [0.2, 0.25) is 0 Å². The molecule has 0 fully saturated rings. The van der Waals surface area contributed by atoms with E-state index in [1.54, 1.807) is 30.4 Å². The Bertz CT molecular complexity index is 859. The number of hydrogen-bond acceptors (Lipinski definition) is 5. The van der Waals surface area contributed by atoms with Gasteiger partial charge >= 0.3 is 17.8 Å². The Morgan fingerprint density at radius 1 is 1.04 bits per heavy atom. The van der Waals surface area contributed by atoms with Crippen LogP contribution in [0.3, 0.4) is 0 Å². The zero-order chi connectivity index (χ0) is 20.9. The molecule has 0 aliphatic carbocycles. The lowest BCUT2D eigenvalue weighted by molar-refractivity contribution is -0.215. The van der Waals surface area contributed by atoms with Gasteiger partial charge in [-0.3, -0.25) is 4.79 Å². The first kappa shape index (κ1) is 21.5. The summed E-state index contributed by atoms with van der Waals surface area (Å²) in [5.41, 5.74) is 1.44. The van der Waals surface area contributed by atoms with Gasteiger partial charge in [0.1, 0.15) is 0 Å². The van der Waals surface area contributed by atoms with E-state index >= 15 is 0 Å². The second kappa shape index (κ2) is 8.49. The smallest absolute Gasteiger partial charge is 0.438 e. The number of anilines is 1. The third-order valence-electron chi connectivity index (χ3n) is 3.85.